The van der Waals surface area contributed by atoms with Crippen LogP contribution in [0.3, 0.4) is 0 Å². The minimum absolute atomic E-state index is 0.0489. The highest BCUT2D eigenvalue weighted by atomic mass is 79.9. The fraction of sp³-hybridized carbons (Fsp3) is 0.385. The summed E-state index contributed by atoms with van der Waals surface area (Å²) in [7, 11) is 0. The first-order valence-electron chi connectivity index (χ1n) is 5.87. The molecule has 0 radical (unpaired) electrons. The number of benzene rings is 1. The Morgan fingerprint density at radius 1 is 1.28 bits per heavy atom. The zero-order valence-electron chi connectivity index (χ0n) is 9.54. The van der Waals surface area contributed by atoms with E-state index in [1.807, 2.05) is 18.2 Å². The molecule has 2 aliphatic rings. The van der Waals surface area contributed by atoms with E-state index in [1.54, 1.807) is 6.07 Å². The number of β-amino-alcohol motifs (C(OH)–C–C–N with tert-alkyl or cyclic N) is 1. The fourth-order valence-corrected chi connectivity index (χ4v) is 3.00. The molecular formula is C13H12BrNO3. The van der Waals surface area contributed by atoms with Crippen LogP contribution in [0.15, 0.2) is 28.7 Å². The van der Waals surface area contributed by atoms with E-state index in [1.165, 1.54) is 4.90 Å². The lowest BCUT2D eigenvalue weighted by Gasteiger charge is -2.21. The zero-order chi connectivity index (χ0) is 12.9. The van der Waals surface area contributed by atoms with Gasteiger partial charge in [0.25, 0.3) is 0 Å². The van der Waals surface area contributed by atoms with E-state index in [2.05, 4.69) is 15.9 Å². The molecular weight excluding hydrogens is 298 g/mol. The molecule has 1 aliphatic heterocycles. The molecule has 1 heterocycles. The molecule has 1 aromatic rings. The lowest BCUT2D eigenvalue weighted by Crippen LogP contribution is -2.36. The van der Waals surface area contributed by atoms with Crippen LogP contribution in [-0.4, -0.2) is 28.4 Å². The van der Waals surface area contributed by atoms with Crippen LogP contribution in [0.4, 0.5) is 0 Å². The van der Waals surface area contributed by atoms with Crippen molar-refractivity contribution in [3.63, 3.8) is 0 Å². The standard InChI is InChI=1S/C13H12BrNO3/c14-10-4-2-1-3-7(10)11(16)6-15-12(17)8-5-9(8)13(15)18/h1-4,8-9,11,16H,5-6H2/t8-,9-,11+/m1/s1. The molecule has 2 amide bonds. The predicted molar refractivity (Wildman–Crippen MR) is 67.4 cm³/mol. The number of piperidine rings is 1. The number of amides is 2. The Balaban J connectivity index is 1.76. The number of hydrogen-bond donors (Lipinski definition) is 1. The average molecular weight is 310 g/mol. The van der Waals surface area contributed by atoms with Crippen LogP contribution < -0.4 is 0 Å². The summed E-state index contributed by atoms with van der Waals surface area (Å²) < 4.78 is 0.779. The van der Waals surface area contributed by atoms with Crippen molar-refractivity contribution >= 4 is 27.7 Å². The molecule has 3 atom stereocenters. The molecule has 1 saturated heterocycles. The number of likely N-dealkylation sites (tertiary alicyclic amines) is 1. The summed E-state index contributed by atoms with van der Waals surface area (Å²) >= 11 is 3.35. The van der Waals surface area contributed by atoms with Gasteiger partial charge in [0.2, 0.25) is 11.8 Å². The summed E-state index contributed by atoms with van der Waals surface area (Å²) in [5.41, 5.74) is 0.693. The third-order valence-corrected chi connectivity index (χ3v) is 4.30. The number of rotatable bonds is 3. The molecule has 4 nitrogen and oxygen atoms in total. The smallest absolute Gasteiger partial charge is 0.233 e. The molecule has 1 saturated carbocycles. The van der Waals surface area contributed by atoms with Crippen LogP contribution >= 0.6 is 15.9 Å². The van der Waals surface area contributed by atoms with Crippen LogP contribution in [0.25, 0.3) is 0 Å². The molecule has 3 rings (SSSR count). The van der Waals surface area contributed by atoms with Crippen molar-refractivity contribution in [2.45, 2.75) is 12.5 Å². The van der Waals surface area contributed by atoms with Gasteiger partial charge in [0, 0.05) is 4.47 Å². The topological polar surface area (TPSA) is 57.6 Å². The largest absolute Gasteiger partial charge is 0.386 e. The molecule has 0 aromatic heterocycles. The second-order valence-electron chi connectivity index (χ2n) is 4.77. The van der Waals surface area contributed by atoms with Gasteiger partial charge in [-0.05, 0) is 18.1 Å². The third kappa shape index (κ3) is 1.78. The third-order valence-electron chi connectivity index (χ3n) is 3.58. The SMILES string of the molecule is O=C1[C@@H]2C[C@H]2C(=O)N1C[C@H](O)c1ccccc1Br. The molecule has 18 heavy (non-hydrogen) atoms. The Bertz CT molecular complexity index is 511. The number of aliphatic hydroxyl groups is 1. The van der Waals surface area contributed by atoms with E-state index in [9.17, 15) is 14.7 Å². The van der Waals surface area contributed by atoms with Gasteiger partial charge >= 0.3 is 0 Å². The monoisotopic (exact) mass is 309 g/mol. The van der Waals surface area contributed by atoms with Gasteiger partial charge < -0.3 is 5.11 Å². The quantitative estimate of drug-likeness (QED) is 0.861. The van der Waals surface area contributed by atoms with Crippen molar-refractivity contribution in [2.75, 3.05) is 6.54 Å². The first-order valence-corrected chi connectivity index (χ1v) is 6.66. The number of aliphatic hydroxyl groups excluding tert-OH is 1. The van der Waals surface area contributed by atoms with E-state index < -0.39 is 6.10 Å². The van der Waals surface area contributed by atoms with E-state index >= 15 is 0 Å². The highest BCUT2D eigenvalue weighted by molar-refractivity contribution is 9.10. The maximum absolute atomic E-state index is 11.8. The van der Waals surface area contributed by atoms with E-state index in [0.29, 0.717) is 12.0 Å². The minimum atomic E-state index is -0.842. The van der Waals surface area contributed by atoms with Gasteiger partial charge in [-0.2, -0.15) is 0 Å². The summed E-state index contributed by atoms with van der Waals surface area (Å²) in [5, 5.41) is 10.1. The number of carbonyl (C=O) groups is 2. The number of hydrogen-bond acceptors (Lipinski definition) is 3. The molecule has 1 aromatic carbocycles. The van der Waals surface area contributed by atoms with E-state index in [-0.39, 0.29) is 30.2 Å². The van der Waals surface area contributed by atoms with E-state index in [4.69, 9.17) is 0 Å². The number of fused-ring (bicyclic) bond motifs is 1. The van der Waals surface area contributed by atoms with Crippen molar-refractivity contribution < 1.29 is 14.7 Å². The van der Waals surface area contributed by atoms with Crippen molar-refractivity contribution in [3.8, 4) is 0 Å². The minimum Gasteiger partial charge on any atom is -0.386 e. The first-order chi connectivity index (χ1) is 8.59. The number of nitrogens with zero attached hydrogens (tertiary/aromatic N) is 1. The first kappa shape index (κ1) is 11.9. The summed E-state index contributed by atoms with van der Waals surface area (Å²) in [4.78, 5) is 24.8. The van der Waals surface area contributed by atoms with E-state index in [0.717, 1.165) is 4.47 Å². The highest BCUT2D eigenvalue weighted by Gasteiger charge is 2.58. The molecule has 0 bridgehead atoms. The molecule has 5 heteroatoms. The highest BCUT2D eigenvalue weighted by Crippen LogP contribution is 2.47. The van der Waals surface area contributed by atoms with Crippen LogP contribution in [0, 0.1) is 11.8 Å². The maximum Gasteiger partial charge on any atom is 0.233 e. The predicted octanol–water partition coefficient (Wildman–Crippen LogP) is 1.49. The second-order valence-corrected chi connectivity index (χ2v) is 5.63. The van der Waals surface area contributed by atoms with Gasteiger partial charge in [0.15, 0.2) is 0 Å². The lowest BCUT2D eigenvalue weighted by atomic mass is 10.1. The average Bonchev–Trinajstić information content (AvgIpc) is 3.10. The summed E-state index contributed by atoms with van der Waals surface area (Å²) in [6, 6.07) is 7.26. The van der Waals surface area contributed by atoms with Crippen molar-refractivity contribution in [2.24, 2.45) is 11.8 Å². The fourth-order valence-electron chi connectivity index (χ4n) is 2.45. The Morgan fingerprint density at radius 2 is 1.89 bits per heavy atom. The van der Waals surface area contributed by atoms with Crippen LogP contribution in [0.1, 0.15) is 18.1 Å². The molecule has 1 N–H and O–H groups in total. The number of imide groups is 1. The number of halogens is 1. The van der Waals surface area contributed by atoms with Gasteiger partial charge in [-0.3, -0.25) is 14.5 Å². The maximum atomic E-state index is 11.8. The van der Waals surface area contributed by atoms with Gasteiger partial charge in [0.05, 0.1) is 24.5 Å². The number of carbonyl (C=O) groups excluding carboxylic acids is 2. The normalized spacial score (nSPS) is 27.3. The Hall–Kier alpha value is -1.20. The summed E-state index contributed by atoms with van der Waals surface area (Å²) in [6.07, 6.45) is -0.148. The Kier molecular flexibility index (Phi) is 2.75. The van der Waals surface area contributed by atoms with Crippen molar-refractivity contribution in [3.05, 3.63) is 34.3 Å². The molecule has 0 spiro atoms. The second kappa shape index (κ2) is 4.17. The molecule has 94 valence electrons. The summed E-state index contributed by atoms with van der Waals surface area (Å²) in [5.74, 6) is -0.472. The zero-order valence-corrected chi connectivity index (χ0v) is 11.1. The Morgan fingerprint density at radius 3 is 2.50 bits per heavy atom. The van der Waals surface area contributed by atoms with Gasteiger partial charge in [0.1, 0.15) is 0 Å². The van der Waals surface area contributed by atoms with Gasteiger partial charge in [-0.25, -0.2) is 0 Å². The van der Waals surface area contributed by atoms with Crippen molar-refractivity contribution in [1.29, 1.82) is 0 Å². The molecule has 0 unspecified atom stereocenters. The van der Waals surface area contributed by atoms with Gasteiger partial charge in [-0.15, -0.1) is 0 Å². The Labute approximate surface area is 113 Å². The van der Waals surface area contributed by atoms with Crippen LogP contribution in [0.5, 0.6) is 0 Å². The molecule has 2 fully saturated rings. The van der Waals surface area contributed by atoms with Gasteiger partial charge in [-0.1, -0.05) is 34.1 Å². The molecule has 1 aliphatic carbocycles. The lowest BCUT2D eigenvalue weighted by molar-refractivity contribution is -0.143. The van der Waals surface area contributed by atoms with Crippen molar-refractivity contribution in [1.82, 2.24) is 4.90 Å². The summed E-state index contributed by atoms with van der Waals surface area (Å²) in [6.45, 7) is 0.0489. The van der Waals surface area contributed by atoms with Crippen LogP contribution in [0.2, 0.25) is 0 Å². The van der Waals surface area contributed by atoms with Crippen LogP contribution in [-0.2, 0) is 9.59 Å².